The van der Waals surface area contributed by atoms with E-state index in [2.05, 4.69) is 10.8 Å². The summed E-state index contributed by atoms with van der Waals surface area (Å²) in [6, 6.07) is 0.435. The maximum Gasteiger partial charge on any atom is 0.522 e. The number of alkyl halides is 3. The van der Waals surface area contributed by atoms with E-state index in [1.165, 1.54) is 13.1 Å². The van der Waals surface area contributed by atoms with Gasteiger partial charge in [-0.15, -0.1) is 0 Å². The van der Waals surface area contributed by atoms with Gasteiger partial charge in [0.25, 0.3) is 0 Å². The van der Waals surface area contributed by atoms with Crippen molar-refractivity contribution >= 4 is 18.4 Å². The van der Waals surface area contributed by atoms with E-state index in [0.29, 0.717) is 6.04 Å². The molecule has 0 aromatic carbocycles. The highest BCUT2D eigenvalue weighted by molar-refractivity contribution is 7.88. The van der Waals surface area contributed by atoms with Gasteiger partial charge in [-0.05, 0) is 25.1 Å². The summed E-state index contributed by atoms with van der Waals surface area (Å²) in [5.74, 6) is 0.229. The van der Waals surface area contributed by atoms with E-state index in [-0.39, 0.29) is 5.92 Å². The molecule has 0 aliphatic rings. The van der Waals surface area contributed by atoms with Gasteiger partial charge in [0.1, 0.15) is 0 Å². The fraction of sp³-hybridized carbons (Fsp3) is 1.00. The molecule has 0 rings (SSSR count). The first kappa shape index (κ1) is 20.9. The molecule has 0 radical (unpaired) electrons. The predicted octanol–water partition coefficient (Wildman–Crippen LogP) is 5.05. The van der Waals surface area contributed by atoms with Gasteiger partial charge >= 0.3 is 15.6 Å². The summed E-state index contributed by atoms with van der Waals surface area (Å²) in [5.41, 5.74) is -5.33. The summed E-state index contributed by atoms with van der Waals surface area (Å²) in [7, 11) is -8.39. The van der Waals surface area contributed by atoms with Crippen LogP contribution in [-0.2, 0) is 14.0 Å². The highest BCUT2D eigenvalue weighted by Gasteiger charge is 2.50. The lowest BCUT2D eigenvalue weighted by Crippen LogP contribution is -2.40. The molecule has 0 saturated heterocycles. The first-order valence-electron chi connectivity index (χ1n) is 7.47. The second-order valence-corrected chi connectivity index (χ2v) is 12.0. The van der Waals surface area contributed by atoms with E-state index in [0.717, 1.165) is 38.5 Å². The zero-order valence-electron chi connectivity index (χ0n) is 13.3. The topological polar surface area (TPSA) is 43.4 Å². The summed E-state index contributed by atoms with van der Waals surface area (Å²) < 4.78 is 63.9. The van der Waals surface area contributed by atoms with Crippen molar-refractivity contribution in [3.05, 3.63) is 0 Å². The van der Waals surface area contributed by atoms with Crippen LogP contribution in [0.1, 0.15) is 52.4 Å². The lowest BCUT2D eigenvalue weighted by atomic mass is 10.0. The van der Waals surface area contributed by atoms with E-state index in [9.17, 15) is 21.6 Å². The van der Waals surface area contributed by atoms with Crippen molar-refractivity contribution in [2.45, 2.75) is 77.0 Å². The highest BCUT2D eigenvalue weighted by atomic mass is 32.2. The van der Waals surface area contributed by atoms with E-state index in [4.69, 9.17) is 0 Å². The van der Waals surface area contributed by atoms with Crippen molar-refractivity contribution in [2.75, 3.05) is 0 Å². The minimum Gasteiger partial charge on any atom is -0.308 e. The molecule has 21 heavy (non-hydrogen) atoms. The molecule has 0 heterocycles. The second-order valence-electron chi connectivity index (χ2n) is 6.07. The van der Waals surface area contributed by atoms with Gasteiger partial charge in [-0.2, -0.15) is 21.6 Å². The molecule has 1 atom stereocenters. The molecule has 8 heteroatoms. The molecule has 0 N–H and O–H groups in total. The van der Waals surface area contributed by atoms with Gasteiger partial charge in [-0.3, -0.25) is 0 Å². The number of halogens is 3. The van der Waals surface area contributed by atoms with Crippen LogP contribution in [0.3, 0.4) is 0 Å². The van der Waals surface area contributed by atoms with Crippen molar-refractivity contribution < 1.29 is 25.5 Å². The average molecular weight is 349 g/mol. The Morgan fingerprint density at radius 3 is 2.10 bits per heavy atom. The lowest BCUT2D eigenvalue weighted by Gasteiger charge is -2.27. The first-order chi connectivity index (χ1) is 9.45. The minimum absolute atomic E-state index is 0.229. The molecule has 0 fully saturated rings. The van der Waals surface area contributed by atoms with Gasteiger partial charge in [-0.25, -0.2) is 0 Å². The van der Waals surface area contributed by atoms with Crippen LogP contribution in [0.2, 0.25) is 19.1 Å². The third kappa shape index (κ3) is 8.20. The monoisotopic (exact) mass is 348 g/mol. The van der Waals surface area contributed by atoms with Gasteiger partial charge in [0.05, 0.1) is 0 Å². The minimum atomic E-state index is -5.48. The van der Waals surface area contributed by atoms with Crippen molar-refractivity contribution in [2.24, 2.45) is 5.92 Å². The van der Waals surface area contributed by atoms with Crippen molar-refractivity contribution in [1.82, 2.24) is 0 Å². The Balaban J connectivity index is 4.56. The summed E-state index contributed by atoms with van der Waals surface area (Å²) in [4.78, 5) is 0. The van der Waals surface area contributed by atoms with Crippen molar-refractivity contribution in [3.63, 3.8) is 0 Å². The number of hydrogen-bond acceptors (Lipinski definition) is 3. The van der Waals surface area contributed by atoms with Gasteiger partial charge in [0.2, 0.25) is 8.32 Å². The number of rotatable bonds is 10. The zero-order valence-corrected chi connectivity index (χ0v) is 15.1. The van der Waals surface area contributed by atoms with Crippen LogP contribution < -0.4 is 0 Å². The second kappa shape index (κ2) is 8.52. The summed E-state index contributed by atoms with van der Waals surface area (Å²) >= 11 is 0. The molecule has 3 nitrogen and oxygen atoms in total. The van der Waals surface area contributed by atoms with Crippen LogP contribution in [0.5, 0.6) is 0 Å². The Morgan fingerprint density at radius 2 is 1.67 bits per heavy atom. The van der Waals surface area contributed by atoms with E-state index >= 15 is 0 Å². The molecule has 0 aromatic heterocycles. The van der Waals surface area contributed by atoms with E-state index in [1.54, 1.807) is 0 Å². The fourth-order valence-corrected chi connectivity index (χ4v) is 7.29. The Kier molecular flexibility index (Phi) is 8.49. The van der Waals surface area contributed by atoms with Crippen LogP contribution >= 0.6 is 0 Å². The quantitative estimate of drug-likeness (QED) is 0.315. The number of unbranched alkanes of at least 4 members (excludes halogenated alkanes) is 3. The van der Waals surface area contributed by atoms with Crippen LogP contribution in [0.15, 0.2) is 0 Å². The molecule has 0 spiro atoms. The van der Waals surface area contributed by atoms with Crippen molar-refractivity contribution in [1.29, 1.82) is 0 Å². The maximum atomic E-state index is 12.4. The van der Waals surface area contributed by atoms with Crippen molar-refractivity contribution in [3.8, 4) is 0 Å². The van der Waals surface area contributed by atoms with E-state index in [1.807, 2.05) is 6.92 Å². The molecule has 0 aliphatic carbocycles. The Hall–Kier alpha value is -0.0831. The largest absolute Gasteiger partial charge is 0.522 e. The van der Waals surface area contributed by atoms with Gasteiger partial charge < -0.3 is 3.87 Å². The molecule has 0 aromatic rings. The fourth-order valence-electron chi connectivity index (χ4n) is 2.38. The first-order valence-corrected chi connectivity index (χ1v) is 12.0. The smallest absolute Gasteiger partial charge is 0.308 e. The van der Waals surface area contributed by atoms with Crippen LogP contribution in [0, 0.1) is 5.92 Å². The summed E-state index contributed by atoms with van der Waals surface area (Å²) in [5, 5.41) is 0. The molecule has 0 bridgehead atoms. The van der Waals surface area contributed by atoms with Gasteiger partial charge in [0, 0.05) is 0 Å². The highest BCUT2D eigenvalue weighted by Crippen LogP contribution is 2.32. The normalized spacial score (nSPS) is 15.2. The Bertz CT molecular complexity index is 394. The SMILES string of the molecule is CCCCCCC(CC)C[Si](C)(C)OS(=O)(=O)C(F)(F)F. The standard InChI is InChI=1S/C13H27F3O3SSi/c1-5-7-8-9-10-12(6-2)11-21(3,4)19-20(17,18)13(14,15)16/h12H,5-11H2,1-4H3. The van der Waals surface area contributed by atoms with Gasteiger partial charge in [0.15, 0.2) is 0 Å². The Morgan fingerprint density at radius 1 is 1.10 bits per heavy atom. The molecule has 1 unspecified atom stereocenters. The third-order valence-corrected chi connectivity index (χ3v) is 8.25. The average Bonchev–Trinajstić information content (AvgIpc) is 2.30. The molecular formula is C13H27F3O3SSi. The van der Waals surface area contributed by atoms with Crippen LogP contribution in [0.25, 0.3) is 0 Å². The lowest BCUT2D eigenvalue weighted by molar-refractivity contribution is -0.0503. The molecule has 0 amide bonds. The summed E-state index contributed by atoms with van der Waals surface area (Å²) in [6.45, 7) is 7.16. The number of hydrogen-bond donors (Lipinski definition) is 0. The maximum absolute atomic E-state index is 12.4. The van der Waals surface area contributed by atoms with Crippen LogP contribution in [-0.4, -0.2) is 22.2 Å². The van der Waals surface area contributed by atoms with Crippen LogP contribution in [0.4, 0.5) is 13.2 Å². The zero-order chi connectivity index (χ0) is 16.7. The van der Waals surface area contributed by atoms with Gasteiger partial charge in [-0.1, -0.05) is 52.4 Å². The molecule has 128 valence electrons. The predicted molar refractivity (Wildman–Crippen MR) is 80.9 cm³/mol. The third-order valence-electron chi connectivity index (χ3n) is 3.44. The molecule has 0 saturated carbocycles. The molecular weight excluding hydrogens is 321 g/mol. The summed E-state index contributed by atoms with van der Waals surface area (Å²) in [6.07, 6.45) is 6.17. The van der Waals surface area contributed by atoms with E-state index < -0.39 is 23.9 Å². The Labute approximate surface area is 127 Å². The molecule has 0 aliphatic heterocycles.